The van der Waals surface area contributed by atoms with Gasteiger partial charge in [-0.3, -0.25) is 5.10 Å². The van der Waals surface area contributed by atoms with Gasteiger partial charge in [-0.1, -0.05) is 0 Å². The van der Waals surface area contributed by atoms with Crippen molar-refractivity contribution in [3.8, 4) is 11.3 Å². The number of aliphatic hydroxyl groups excluding tert-OH is 1. The summed E-state index contributed by atoms with van der Waals surface area (Å²) >= 11 is 0. The third-order valence-electron chi connectivity index (χ3n) is 4.09. The van der Waals surface area contributed by atoms with Crippen LogP contribution in [0.4, 0.5) is 4.39 Å². The molecule has 1 aliphatic heterocycles. The highest BCUT2D eigenvalue weighted by molar-refractivity contribution is 5.97. The van der Waals surface area contributed by atoms with Crippen LogP contribution in [0.25, 0.3) is 22.2 Å². The molecule has 0 saturated heterocycles. The lowest BCUT2D eigenvalue weighted by atomic mass is 9.97. The normalized spacial score (nSPS) is 14.6. The second-order valence-corrected chi connectivity index (χ2v) is 5.27. The molecule has 2 aromatic heterocycles. The fourth-order valence-corrected chi connectivity index (χ4v) is 3.07. The summed E-state index contributed by atoms with van der Waals surface area (Å²) in [6.45, 7) is 1.39. The van der Waals surface area contributed by atoms with Crippen LogP contribution >= 0.6 is 0 Å². The van der Waals surface area contributed by atoms with Gasteiger partial charge in [-0.25, -0.2) is 4.39 Å². The van der Waals surface area contributed by atoms with E-state index in [1.165, 1.54) is 6.07 Å². The van der Waals surface area contributed by atoms with Crippen LogP contribution in [-0.2, 0) is 19.6 Å². The Labute approximate surface area is 120 Å². The molecule has 1 aromatic carbocycles. The van der Waals surface area contributed by atoms with Gasteiger partial charge < -0.3 is 15.4 Å². The minimum atomic E-state index is -0.356. The molecule has 3 aromatic rings. The van der Waals surface area contributed by atoms with Crippen LogP contribution in [0.1, 0.15) is 16.8 Å². The third-order valence-corrected chi connectivity index (χ3v) is 4.09. The Morgan fingerprint density at radius 1 is 1.38 bits per heavy atom. The number of aliphatic hydroxyl groups is 1. The van der Waals surface area contributed by atoms with Crippen molar-refractivity contribution in [2.45, 2.75) is 19.6 Å². The Bertz CT molecular complexity index is 821. The van der Waals surface area contributed by atoms with E-state index in [1.807, 2.05) is 6.07 Å². The van der Waals surface area contributed by atoms with Crippen molar-refractivity contribution >= 4 is 10.9 Å². The van der Waals surface area contributed by atoms with Gasteiger partial charge in [-0.05, 0) is 12.1 Å². The number of hydrogen-bond acceptors (Lipinski definition) is 3. The summed E-state index contributed by atoms with van der Waals surface area (Å²) < 4.78 is 14.6. The van der Waals surface area contributed by atoms with Gasteiger partial charge in [-0.2, -0.15) is 5.10 Å². The smallest absolute Gasteiger partial charge is 0.133 e. The minimum Gasteiger partial charge on any atom is -0.392 e. The summed E-state index contributed by atoms with van der Waals surface area (Å²) in [6.07, 6.45) is 2.62. The van der Waals surface area contributed by atoms with E-state index < -0.39 is 0 Å². The molecule has 0 fully saturated rings. The lowest BCUT2D eigenvalue weighted by molar-refractivity contribution is 0.282. The number of halogens is 1. The van der Waals surface area contributed by atoms with Gasteiger partial charge in [0.1, 0.15) is 11.5 Å². The predicted octanol–water partition coefficient (Wildman–Crippen LogP) is 1.84. The van der Waals surface area contributed by atoms with Crippen molar-refractivity contribution in [3.05, 3.63) is 41.0 Å². The summed E-state index contributed by atoms with van der Waals surface area (Å²) in [7, 11) is 0. The van der Waals surface area contributed by atoms with Gasteiger partial charge in [0.15, 0.2) is 0 Å². The van der Waals surface area contributed by atoms with E-state index in [4.69, 9.17) is 0 Å². The van der Waals surface area contributed by atoms with Gasteiger partial charge in [-0.15, -0.1) is 0 Å². The maximum absolute atomic E-state index is 14.6. The number of hydrogen-bond donors (Lipinski definition) is 4. The van der Waals surface area contributed by atoms with Crippen molar-refractivity contribution in [1.82, 2.24) is 20.5 Å². The Balaban J connectivity index is 2.01. The molecular formula is C15H15FN4O. The van der Waals surface area contributed by atoms with E-state index in [0.717, 1.165) is 35.1 Å². The average molecular weight is 286 g/mol. The first-order valence-corrected chi connectivity index (χ1v) is 6.96. The molecule has 4 rings (SSSR count). The van der Waals surface area contributed by atoms with Crippen LogP contribution < -0.4 is 5.32 Å². The molecule has 4 N–H and O–H groups in total. The predicted molar refractivity (Wildman–Crippen MR) is 77.2 cm³/mol. The Hall–Kier alpha value is -2.18. The molecule has 0 amide bonds. The second kappa shape index (κ2) is 4.68. The Morgan fingerprint density at radius 2 is 2.29 bits per heavy atom. The van der Waals surface area contributed by atoms with Crippen molar-refractivity contribution in [1.29, 1.82) is 0 Å². The molecule has 0 saturated carbocycles. The maximum Gasteiger partial charge on any atom is 0.133 e. The number of rotatable bonds is 2. The molecule has 108 valence electrons. The van der Waals surface area contributed by atoms with Gasteiger partial charge in [0.25, 0.3) is 0 Å². The number of H-pyrrole nitrogens is 2. The number of aromatic amines is 2. The van der Waals surface area contributed by atoms with Crippen molar-refractivity contribution < 1.29 is 9.50 Å². The molecule has 0 radical (unpaired) electrons. The number of nitrogens with one attached hydrogen (secondary N) is 3. The SMILES string of the molecule is OCc1cc(F)c(-c2n[nH]c3c2CNCC3)c2cc[nH]c12. The van der Waals surface area contributed by atoms with E-state index in [1.54, 1.807) is 6.20 Å². The zero-order chi connectivity index (χ0) is 14.4. The van der Waals surface area contributed by atoms with Crippen LogP contribution in [0.15, 0.2) is 18.3 Å². The molecule has 0 spiro atoms. The van der Waals surface area contributed by atoms with Crippen LogP contribution in [-0.4, -0.2) is 26.8 Å². The monoisotopic (exact) mass is 286 g/mol. The summed E-state index contributed by atoms with van der Waals surface area (Å²) in [6, 6.07) is 3.20. The number of fused-ring (bicyclic) bond motifs is 2. The largest absolute Gasteiger partial charge is 0.392 e. The highest BCUT2D eigenvalue weighted by atomic mass is 19.1. The maximum atomic E-state index is 14.6. The van der Waals surface area contributed by atoms with Crippen LogP contribution in [0.2, 0.25) is 0 Å². The second-order valence-electron chi connectivity index (χ2n) is 5.27. The highest BCUT2D eigenvalue weighted by Crippen LogP contribution is 2.35. The molecule has 3 heterocycles. The van der Waals surface area contributed by atoms with Crippen LogP contribution in [0.5, 0.6) is 0 Å². The molecule has 5 nitrogen and oxygen atoms in total. The van der Waals surface area contributed by atoms with Crippen LogP contribution in [0, 0.1) is 5.82 Å². The topological polar surface area (TPSA) is 76.7 Å². The summed E-state index contributed by atoms with van der Waals surface area (Å²) in [4.78, 5) is 3.07. The molecule has 1 aliphatic rings. The summed E-state index contributed by atoms with van der Waals surface area (Å²) in [5, 5.41) is 20.8. The van der Waals surface area contributed by atoms with E-state index >= 15 is 0 Å². The molecule has 6 heteroatoms. The Morgan fingerprint density at radius 3 is 3.14 bits per heavy atom. The quantitative estimate of drug-likeness (QED) is 0.580. The molecular weight excluding hydrogens is 271 g/mol. The van der Waals surface area contributed by atoms with E-state index in [2.05, 4.69) is 20.5 Å². The highest BCUT2D eigenvalue weighted by Gasteiger charge is 2.23. The number of aromatic nitrogens is 3. The average Bonchev–Trinajstić information content (AvgIpc) is 3.13. The summed E-state index contributed by atoms with van der Waals surface area (Å²) in [5.74, 6) is -0.356. The first-order valence-electron chi connectivity index (χ1n) is 6.96. The minimum absolute atomic E-state index is 0.200. The first-order chi connectivity index (χ1) is 10.3. The molecule has 21 heavy (non-hydrogen) atoms. The first kappa shape index (κ1) is 12.6. The number of benzene rings is 1. The van der Waals surface area contributed by atoms with E-state index in [9.17, 15) is 9.50 Å². The van der Waals surface area contributed by atoms with Gasteiger partial charge in [0.05, 0.1) is 12.1 Å². The van der Waals surface area contributed by atoms with E-state index in [0.29, 0.717) is 23.4 Å². The molecule has 0 atom stereocenters. The third kappa shape index (κ3) is 1.80. The van der Waals surface area contributed by atoms with Crippen molar-refractivity contribution in [2.24, 2.45) is 0 Å². The fourth-order valence-electron chi connectivity index (χ4n) is 3.07. The molecule has 0 unspecified atom stereocenters. The fraction of sp³-hybridized carbons (Fsp3) is 0.267. The summed E-state index contributed by atoms with van der Waals surface area (Å²) in [5.41, 5.74) is 4.55. The molecule has 0 aliphatic carbocycles. The van der Waals surface area contributed by atoms with E-state index in [-0.39, 0.29) is 12.4 Å². The van der Waals surface area contributed by atoms with Gasteiger partial charge in [0, 0.05) is 53.5 Å². The van der Waals surface area contributed by atoms with Gasteiger partial charge in [0.2, 0.25) is 0 Å². The zero-order valence-electron chi connectivity index (χ0n) is 11.3. The standard InChI is InChI=1S/C15H15FN4O/c16-11-5-8(7-21)14-9(1-4-18-14)13(11)15-10-6-17-3-2-12(10)19-20-15/h1,4-5,17-18,21H,2-3,6-7H2,(H,19,20). The molecule has 0 bridgehead atoms. The lowest BCUT2D eigenvalue weighted by Gasteiger charge is -2.14. The zero-order valence-corrected chi connectivity index (χ0v) is 11.3. The number of nitrogens with zero attached hydrogens (tertiary/aromatic N) is 1. The Kier molecular flexibility index (Phi) is 2.80. The van der Waals surface area contributed by atoms with Crippen molar-refractivity contribution in [2.75, 3.05) is 6.54 Å². The lowest BCUT2D eigenvalue weighted by Crippen LogP contribution is -2.23. The van der Waals surface area contributed by atoms with Gasteiger partial charge >= 0.3 is 0 Å². The van der Waals surface area contributed by atoms with Crippen molar-refractivity contribution in [3.63, 3.8) is 0 Å². The van der Waals surface area contributed by atoms with Crippen LogP contribution in [0.3, 0.4) is 0 Å².